The quantitative estimate of drug-likeness (QED) is 0.814. The normalized spacial score (nSPS) is 34.5. The van der Waals surface area contributed by atoms with Gasteiger partial charge in [-0.3, -0.25) is 14.3 Å². The summed E-state index contributed by atoms with van der Waals surface area (Å²) in [5.74, 6) is 3.97. The van der Waals surface area contributed by atoms with Crippen molar-refractivity contribution in [2.24, 2.45) is 29.6 Å². The van der Waals surface area contributed by atoms with Crippen LogP contribution in [0.2, 0.25) is 0 Å². The zero-order chi connectivity index (χ0) is 18.5. The maximum absolute atomic E-state index is 13.0. The maximum Gasteiger partial charge on any atom is 0.226 e. The van der Waals surface area contributed by atoms with E-state index in [1.165, 1.54) is 19.3 Å². The van der Waals surface area contributed by atoms with Crippen LogP contribution in [0, 0.1) is 36.5 Å². The van der Waals surface area contributed by atoms with Gasteiger partial charge >= 0.3 is 0 Å². The van der Waals surface area contributed by atoms with E-state index >= 15 is 0 Å². The molecule has 2 heterocycles. The lowest BCUT2D eigenvalue weighted by Crippen LogP contribution is -2.39. The van der Waals surface area contributed by atoms with Crippen LogP contribution in [0.4, 0.5) is 0 Å². The molecule has 0 aromatic carbocycles. The summed E-state index contributed by atoms with van der Waals surface area (Å²) < 4.78 is 1.83. The highest BCUT2D eigenvalue weighted by Crippen LogP contribution is 2.69. The van der Waals surface area contributed by atoms with Gasteiger partial charge in [-0.1, -0.05) is 0 Å². The molecule has 27 heavy (non-hydrogen) atoms. The van der Waals surface area contributed by atoms with Gasteiger partial charge < -0.3 is 9.80 Å². The number of fused-ring (bicyclic) bond motifs is 5. The van der Waals surface area contributed by atoms with Crippen molar-refractivity contribution in [2.75, 3.05) is 26.2 Å². The third-order valence-electron chi connectivity index (χ3n) is 7.50. The lowest BCUT2D eigenvalue weighted by atomic mass is 10.0. The first-order valence-corrected chi connectivity index (χ1v) is 10.7. The van der Waals surface area contributed by atoms with Crippen molar-refractivity contribution in [3.63, 3.8) is 0 Å². The Balaban J connectivity index is 1.13. The van der Waals surface area contributed by atoms with Crippen molar-refractivity contribution in [2.45, 2.75) is 45.6 Å². The second-order valence-corrected chi connectivity index (χ2v) is 9.10. The summed E-state index contributed by atoms with van der Waals surface area (Å²) in [6.07, 6.45) is 9.26. The number of carbonyl (C=O) groups is 2. The Hall–Kier alpha value is -1.85. The second-order valence-electron chi connectivity index (χ2n) is 9.10. The summed E-state index contributed by atoms with van der Waals surface area (Å²) >= 11 is 0. The summed E-state index contributed by atoms with van der Waals surface area (Å²) in [6, 6.07) is 0. The molecule has 1 unspecified atom stereocenters. The van der Waals surface area contributed by atoms with Gasteiger partial charge in [-0.2, -0.15) is 5.10 Å². The van der Waals surface area contributed by atoms with Gasteiger partial charge in [-0.05, 0) is 61.8 Å². The highest BCUT2D eigenvalue weighted by atomic mass is 16.2. The van der Waals surface area contributed by atoms with Gasteiger partial charge in [0.15, 0.2) is 0 Å². The molecule has 5 rings (SSSR count). The van der Waals surface area contributed by atoms with Crippen LogP contribution >= 0.6 is 0 Å². The molecule has 4 fully saturated rings. The topological polar surface area (TPSA) is 58.4 Å². The van der Waals surface area contributed by atoms with Gasteiger partial charge in [-0.15, -0.1) is 0 Å². The molecule has 146 valence electrons. The van der Waals surface area contributed by atoms with E-state index in [0.29, 0.717) is 49.7 Å². The van der Waals surface area contributed by atoms with Crippen LogP contribution in [0.25, 0.3) is 0 Å². The van der Waals surface area contributed by atoms with E-state index in [2.05, 4.69) is 10.00 Å². The Kier molecular flexibility index (Phi) is 4.25. The van der Waals surface area contributed by atoms with Crippen LogP contribution in [0.1, 0.15) is 37.7 Å². The van der Waals surface area contributed by atoms with Crippen LogP contribution < -0.4 is 0 Å². The van der Waals surface area contributed by atoms with Crippen molar-refractivity contribution in [3.05, 3.63) is 18.0 Å². The molecule has 0 radical (unpaired) electrons. The van der Waals surface area contributed by atoms with E-state index in [0.717, 1.165) is 36.9 Å². The number of hydrogen-bond donors (Lipinski definition) is 0. The number of amides is 2. The highest BCUT2D eigenvalue weighted by Gasteiger charge is 2.67. The van der Waals surface area contributed by atoms with Crippen molar-refractivity contribution >= 4 is 11.8 Å². The first-order valence-electron chi connectivity index (χ1n) is 10.7. The van der Waals surface area contributed by atoms with Crippen molar-refractivity contribution < 1.29 is 9.59 Å². The molecule has 3 aliphatic carbocycles. The highest BCUT2D eigenvalue weighted by molar-refractivity contribution is 5.83. The molecule has 6 heteroatoms. The van der Waals surface area contributed by atoms with E-state index in [1.54, 1.807) is 0 Å². The number of aryl methyl sites for hydroxylation is 2. The average Bonchev–Trinajstić information content (AvgIpc) is 2.93. The van der Waals surface area contributed by atoms with E-state index in [4.69, 9.17) is 0 Å². The second kappa shape index (κ2) is 6.64. The largest absolute Gasteiger partial charge is 0.341 e. The third kappa shape index (κ3) is 3.07. The molecule has 3 saturated carbocycles. The molecule has 5 atom stereocenters. The molecule has 2 amide bonds. The molecule has 4 aliphatic rings. The first-order chi connectivity index (χ1) is 13.1. The fourth-order valence-corrected chi connectivity index (χ4v) is 6.21. The number of rotatable bonds is 4. The van der Waals surface area contributed by atoms with E-state index in [9.17, 15) is 9.59 Å². The lowest BCUT2D eigenvalue weighted by Gasteiger charge is -2.23. The Morgan fingerprint density at radius 3 is 2.48 bits per heavy atom. The third-order valence-corrected chi connectivity index (χ3v) is 7.50. The molecule has 2 bridgehead atoms. The molecule has 1 aromatic rings. The predicted molar refractivity (Wildman–Crippen MR) is 101 cm³/mol. The summed E-state index contributed by atoms with van der Waals surface area (Å²) in [6.45, 7) is 5.59. The molecule has 6 nitrogen and oxygen atoms in total. The van der Waals surface area contributed by atoms with Crippen molar-refractivity contribution in [1.29, 1.82) is 0 Å². The Morgan fingerprint density at radius 1 is 1.07 bits per heavy atom. The monoisotopic (exact) mass is 370 g/mol. The molecule has 1 aromatic heterocycles. The lowest BCUT2D eigenvalue weighted by molar-refractivity contribution is -0.135. The predicted octanol–water partition coefficient (Wildman–Crippen LogP) is 1.93. The van der Waals surface area contributed by atoms with Gasteiger partial charge in [0.1, 0.15) is 0 Å². The van der Waals surface area contributed by atoms with Crippen LogP contribution in [0.15, 0.2) is 12.4 Å². The average molecular weight is 370 g/mol. The van der Waals surface area contributed by atoms with Crippen molar-refractivity contribution in [1.82, 2.24) is 19.6 Å². The Bertz CT molecular complexity index is 728. The van der Waals surface area contributed by atoms with Crippen LogP contribution in [-0.2, 0) is 16.1 Å². The maximum atomic E-state index is 13.0. The molecule has 1 saturated heterocycles. The summed E-state index contributed by atoms with van der Waals surface area (Å²) in [5, 5.41) is 4.25. The van der Waals surface area contributed by atoms with Gasteiger partial charge in [0.05, 0.1) is 6.20 Å². The van der Waals surface area contributed by atoms with E-state index in [-0.39, 0.29) is 5.91 Å². The Morgan fingerprint density at radius 2 is 1.78 bits per heavy atom. The van der Waals surface area contributed by atoms with Crippen LogP contribution in [0.5, 0.6) is 0 Å². The number of hydrogen-bond acceptors (Lipinski definition) is 3. The van der Waals surface area contributed by atoms with Crippen molar-refractivity contribution in [3.8, 4) is 0 Å². The minimum atomic E-state index is 0.179. The van der Waals surface area contributed by atoms with E-state index < -0.39 is 0 Å². The number of aromatic nitrogens is 2. The van der Waals surface area contributed by atoms with Crippen LogP contribution in [0.3, 0.4) is 0 Å². The summed E-state index contributed by atoms with van der Waals surface area (Å²) in [5.41, 5.74) is 1.12. The number of carbonyl (C=O) groups excluding carboxylic acids is 2. The van der Waals surface area contributed by atoms with E-state index in [1.807, 2.05) is 28.9 Å². The molecule has 0 spiro atoms. The zero-order valence-corrected chi connectivity index (χ0v) is 16.2. The Labute approximate surface area is 160 Å². The van der Waals surface area contributed by atoms with Gasteiger partial charge in [0.25, 0.3) is 0 Å². The smallest absolute Gasteiger partial charge is 0.226 e. The fraction of sp³-hybridized carbons (Fsp3) is 0.762. The summed E-state index contributed by atoms with van der Waals surface area (Å²) in [4.78, 5) is 29.6. The summed E-state index contributed by atoms with van der Waals surface area (Å²) in [7, 11) is 0. The zero-order valence-electron chi connectivity index (χ0n) is 16.2. The van der Waals surface area contributed by atoms with Gasteiger partial charge in [0, 0.05) is 51.3 Å². The minimum Gasteiger partial charge on any atom is -0.341 e. The van der Waals surface area contributed by atoms with Crippen LogP contribution in [-0.4, -0.2) is 57.6 Å². The molecule has 0 N–H and O–H groups in total. The van der Waals surface area contributed by atoms with Gasteiger partial charge in [-0.25, -0.2) is 0 Å². The molecule has 1 aliphatic heterocycles. The standard InChI is InChI=1S/C21H30N4O2/c1-14-12-22-25(13-14)8-5-17(26)23-6-2-7-24(10-9-23)21(27)20-18-15-3-4-16(11-15)19(18)20/h12-13,15-16,18-20H,2-11H2,1H3/t15-,16+,18+,19-,20?. The SMILES string of the molecule is Cc1cnn(CCC(=O)N2CCCN(C(=O)C3[C@@H]4[C@H]5CC[C@H](C5)[C@H]34)CC2)c1. The minimum absolute atomic E-state index is 0.179. The van der Waals surface area contributed by atoms with Gasteiger partial charge in [0.2, 0.25) is 11.8 Å². The molecular formula is C21H30N4O2. The molecular weight excluding hydrogens is 340 g/mol. The first kappa shape index (κ1) is 17.3. The number of nitrogens with zero attached hydrogens (tertiary/aromatic N) is 4. The fourth-order valence-electron chi connectivity index (χ4n) is 6.21.